The lowest BCUT2D eigenvalue weighted by atomic mass is 9.93. The molecule has 0 unspecified atom stereocenters. The monoisotopic (exact) mass is 334 g/mol. The van der Waals surface area contributed by atoms with Crippen molar-refractivity contribution < 1.29 is 14.8 Å². The summed E-state index contributed by atoms with van der Waals surface area (Å²) in [6.45, 7) is 3.43. The standard InChI is InChI=1S/C13H16Cl2N2O4/c1-3-13(4-2,7-18)16-12(19)8-5-9(14)11(15)10(6-8)17(20)21/h5-6,18H,3-4,7H2,1-2H3,(H,16,19). The molecule has 0 saturated heterocycles. The molecule has 2 N–H and O–H groups in total. The molecule has 1 aromatic rings. The number of nitro benzene ring substituents is 1. The van der Waals surface area contributed by atoms with Gasteiger partial charge < -0.3 is 10.4 Å². The zero-order chi connectivity index (χ0) is 16.2. The lowest BCUT2D eigenvalue weighted by Gasteiger charge is -2.30. The van der Waals surface area contributed by atoms with Gasteiger partial charge in [-0.15, -0.1) is 0 Å². The van der Waals surface area contributed by atoms with Gasteiger partial charge in [-0.05, 0) is 18.9 Å². The number of carbonyl (C=O) groups is 1. The SMILES string of the molecule is CCC(CC)(CO)NC(=O)c1cc(Cl)c(Cl)c([N+](=O)[O-])c1. The van der Waals surface area contributed by atoms with Crippen LogP contribution in [0.3, 0.4) is 0 Å². The van der Waals surface area contributed by atoms with Gasteiger partial charge in [-0.25, -0.2) is 0 Å². The summed E-state index contributed by atoms with van der Waals surface area (Å²) < 4.78 is 0. The Kier molecular flexibility index (Phi) is 5.95. The lowest BCUT2D eigenvalue weighted by Crippen LogP contribution is -2.50. The molecule has 1 aromatic carbocycles. The Morgan fingerprint density at radius 2 is 1.95 bits per heavy atom. The third-order valence-electron chi connectivity index (χ3n) is 3.50. The second kappa shape index (κ2) is 7.06. The second-order valence-electron chi connectivity index (χ2n) is 4.65. The maximum absolute atomic E-state index is 12.2. The van der Waals surface area contributed by atoms with Crippen molar-refractivity contribution in [2.45, 2.75) is 32.2 Å². The summed E-state index contributed by atoms with van der Waals surface area (Å²) in [4.78, 5) is 22.4. The number of halogens is 2. The van der Waals surface area contributed by atoms with Gasteiger partial charge in [0, 0.05) is 11.6 Å². The Morgan fingerprint density at radius 3 is 2.38 bits per heavy atom. The van der Waals surface area contributed by atoms with Gasteiger partial charge in [-0.2, -0.15) is 0 Å². The predicted octanol–water partition coefficient (Wildman–Crippen LogP) is 3.18. The molecule has 0 atom stereocenters. The Bertz CT molecular complexity index is 551. The fraction of sp³-hybridized carbons (Fsp3) is 0.462. The van der Waals surface area contributed by atoms with Crippen LogP contribution in [0.5, 0.6) is 0 Å². The number of nitrogens with zero attached hydrogens (tertiary/aromatic N) is 1. The summed E-state index contributed by atoms with van der Waals surface area (Å²) >= 11 is 11.5. The molecular formula is C13H16Cl2N2O4. The molecule has 0 radical (unpaired) electrons. The molecule has 1 amide bonds. The minimum absolute atomic E-state index is 0.0239. The summed E-state index contributed by atoms with van der Waals surface area (Å²) in [5.74, 6) is -0.547. The molecule has 0 aliphatic heterocycles. The molecule has 0 aromatic heterocycles. The zero-order valence-corrected chi connectivity index (χ0v) is 13.2. The molecule has 21 heavy (non-hydrogen) atoms. The first-order valence-electron chi connectivity index (χ1n) is 6.37. The highest BCUT2D eigenvalue weighted by Crippen LogP contribution is 2.33. The summed E-state index contributed by atoms with van der Waals surface area (Å²) in [6, 6.07) is 2.33. The molecule has 6 nitrogen and oxygen atoms in total. The van der Waals surface area contributed by atoms with Gasteiger partial charge in [0.25, 0.3) is 11.6 Å². The molecule has 0 bridgehead atoms. The van der Waals surface area contributed by atoms with Crippen LogP contribution in [0.4, 0.5) is 5.69 Å². The number of hydrogen-bond acceptors (Lipinski definition) is 4. The van der Waals surface area contributed by atoms with Gasteiger partial charge >= 0.3 is 0 Å². The first-order chi connectivity index (χ1) is 9.80. The van der Waals surface area contributed by atoms with E-state index in [-0.39, 0.29) is 22.2 Å². The Labute approximate surface area is 132 Å². The van der Waals surface area contributed by atoms with E-state index in [1.807, 2.05) is 13.8 Å². The van der Waals surface area contributed by atoms with Gasteiger partial charge in [0.2, 0.25) is 0 Å². The van der Waals surface area contributed by atoms with Crippen molar-refractivity contribution >= 4 is 34.8 Å². The summed E-state index contributed by atoms with van der Waals surface area (Å²) in [7, 11) is 0. The smallest absolute Gasteiger partial charge is 0.290 e. The van der Waals surface area contributed by atoms with E-state index in [2.05, 4.69) is 5.32 Å². The maximum atomic E-state index is 12.2. The molecule has 0 saturated carbocycles. The number of nitro groups is 1. The average molecular weight is 335 g/mol. The van der Waals surface area contributed by atoms with Crippen LogP contribution in [0.2, 0.25) is 10.0 Å². The molecule has 116 valence electrons. The maximum Gasteiger partial charge on any atom is 0.290 e. The van der Waals surface area contributed by atoms with E-state index in [1.165, 1.54) is 6.07 Å². The number of carbonyl (C=O) groups excluding carboxylic acids is 1. The second-order valence-corrected chi connectivity index (χ2v) is 5.43. The molecule has 0 heterocycles. The van der Waals surface area contributed by atoms with E-state index in [0.717, 1.165) is 6.07 Å². The van der Waals surface area contributed by atoms with E-state index < -0.39 is 22.1 Å². The van der Waals surface area contributed by atoms with E-state index in [0.29, 0.717) is 12.8 Å². The quantitative estimate of drug-likeness (QED) is 0.617. The van der Waals surface area contributed by atoms with Gasteiger partial charge in [-0.1, -0.05) is 37.0 Å². The Balaban J connectivity index is 3.17. The minimum atomic E-state index is -0.766. The van der Waals surface area contributed by atoms with Crippen molar-refractivity contribution in [1.82, 2.24) is 5.32 Å². The van der Waals surface area contributed by atoms with Crippen molar-refractivity contribution in [3.05, 3.63) is 37.9 Å². The molecule has 0 spiro atoms. The van der Waals surface area contributed by atoms with Crippen molar-refractivity contribution in [1.29, 1.82) is 0 Å². The van der Waals surface area contributed by atoms with E-state index in [4.69, 9.17) is 23.2 Å². The predicted molar refractivity (Wildman–Crippen MR) is 81.0 cm³/mol. The zero-order valence-electron chi connectivity index (χ0n) is 11.7. The van der Waals surface area contributed by atoms with Crippen molar-refractivity contribution in [3.63, 3.8) is 0 Å². The Hall–Kier alpha value is -1.37. The highest BCUT2D eigenvalue weighted by Gasteiger charge is 2.29. The normalized spacial score (nSPS) is 11.3. The van der Waals surface area contributed by atoms with Crippen LogP contribution in [-0.4, -0.2) is 28.1 Å². The third-order valence-corrected chi connectivity index (χ3v) is 4.29. The highest BCUT2D eigenvalue weighted by atomic mass is 35.5. The first kappa shape index (κ1) is 17.7. The molecular weight excluding hydrogens is 319 g/mol. The number of hydrogen-bond donors (Lipinski definition) is 2. The first-order valence-corrected chi connectivity index (χ1v) is 7.12. The molecule has 0 aliphatic carbocycles. The highest BCUT2D eigenvalue weighted by molar-refractivity contribution is 6.43. The van der Waals surface area contributed by atoms with E-state index in [9.17, 15) is 20.0 Å². The summed E-state index contributed by atoms with van der Waals surface area (Å²) in [5.41, 5.74) is -1.18. The van der Waals surface area contributed by atoms with Crippen LogP contribution in [0.15, 0.2) is 12.1 Å². The minimum Gasteiger partial charge on any atom is -0.394 e. The van der Waals surface area contributed by atoms with Gasteiger partial charge in [0.15, 0.2) is 0 Å². The molecule has 8 heteroatoms. The van der Waals surface area contributed by atoms with E-state index in [1.54, 1.807) is 0 Å². The van der Waals surface area contributed by atoms with Gasteiger partial charge in [0.05, 0.1) is 22.1 Å². The van der Waals surface area contributed by atoms with E-state index >= 15 is 0 Å². The topological polar surface area (TPSA) is 92.5 Å². The number of nitrogens with one attached hydrogen (secondary N) is 1. The molecule has 1 rings (SSSR count). The Morgan fingerprint density at radius 1 is 1.38 bits per heavy atom. The largest absolute Gasteiger partial charge is 0.394 e. The number of benzene rings is 1. The third kappa shape index (κ3) is 3.84. The van der Waals surface area contributed by atoms with Crippen molar-refractivity contribution in [3.8, 4) is 0 Å². The van der Waals surface area contributed by atoms with Crippen molar-refractivity contribution in [2.75, 3.05) is 6.61 Å². The average Bonchev–Trinajstić information content (AvgIpc) is 2.47. The van der Waals surface area contributed by atoms with Crippen LogP contribution in [-0.2, 0) is 0 Å². The van der Waals surface area contributed by atoms with Crippen LogP contribution >= 0.6 is 23.2 Å². The van der Waals surface area contributed by atoms with Gasteiger partial charge in [0.1, 0.15) is 5.02 Å². The number of aliphatic hydroxyl groups is 1. The lowest BCUT2D eigenvalue weighted by molar-refractivity contribution is -0.384. The fourth-order valence-corrected chi connectivity index (χ4v) is 2.23. The number of amides is 1. The summed E-state index contributed by atoms with van der Waals surface area (Å²) in [5, 5.41) is 22.8. The molecule has 0 aliphatic rings. The summed E-state index contributed by atoms with van der Waals surface area (Å²) in [6.07, 6.45) is 1.05. The van der Waals surface area contributed by atoms with Crippen LogP contribution in [0, 0.1) is 10.1 Å². The van der Waals surface area contributed by atoms with Crippen LogP contribution < -0.4 is 5.32 Å². The number of aliphatic hydroxyl groups excluding tert-OH is 1. The fourth-order valence-electron chi connectivity index (χ4n) is 1.84. The van der Waals surface area contributed by atoms with Crippen molar-refractivity contribution in [2.24, 2.45) is 0 Å². The van der Waals surface area contributed by atoms with Crippen LogP contribution in [0.1, 0.15) is 37.0 Å². The number of rotatable bonds is 6. The van der Waals surface area contributed by atoms with Gasteiger partial charge in [-0.3, -0.25) is 14.9 Å². The molecule has 0 fully saturated rings. The van der Waals surface area contributed by atoms with Crippen LogP contribution in [0.25, 0.3) is 0 Å².